The number of guanidine groups is 1. The fourth-order valence-corrected chi connectivity index (χ4v) is 2.73. The maximum atomic E-state index is 5.68. The summed E-state index contributed by atoms with van der Waals surface area (Å²) >= 11 is 0. The van der Waals surface area contributed by atoms with E-state index in [9.17, 15) is 0 Å². The van der Waals surface area contributed by atoms with Crippen molar-refractivity contribution >= 4 is 29.9 Å². The van der Waals surface area contributed by atoms with Crippen molar-refractivity contribution in [3.05, 3.63) is 23.9 Å². The predicted octanol–water partition coefficient (Wildman–Crippen LogP) is 2.16. The van der Waals surface area contributed by atoms with Crippen molar-refractivity contribution in [1.82, 2.24) is 15.2 Å². The molecule has 2 heterocycles. The molecule has 0 spiro atoms. The van der Waals surface area contributed by atoms with Crippen molar-refractivity contribution in [2.75, 3.05) is 53.7 Å². The van der Waals surface area contributed by atoms with Crippen molar-refractivity contribution in [3.8, 4) is 5.88 Å². The van der Waals surface area contributed by atoms with E-state index in [1.807, 2.05) is 12.1 Å². The first-order valence-corrected chi connectivity index (χ1v) is 8.87. The van der Waals surface area contributed by atoms with Gasteiger partial charge in [-0.15, -0.1) is 24.0 Å². The number of rotatable bonds is 9. The molecule has 0 aromatic carbocycles. The normalized spacial score (nSPS) is 16.9. The van der Waals surface area contributed by atoms with Crippen molar-refractivity contribution in [2.24, 2.45) is 10.9 Å². The molecule has 1 aromatic heterocycles. The van der Waals surface area contributed by atoms with Crippen LogP contribution >= 0.6 is 24.0 Å². The second kappa shape index (κ2) is 13.1. The Morgan fingerprint density at radius 1 is 1.46 bits per heavy atom. The minimum Gasteiger partial charge on any atom is -0.475 e. The second-order valence-corrected chi connectivity index (χ2v) is 6.09. The summed E-state index contributed by atoms with van der Waals surface area (Å²) in [7, 11) is 3.72. The monoisotopic (exact) mass is 478 g/mol. The van der Waals surface area contributed by atoms with E-state index in [-0.39, 0.29) is 24.0 Å². The molecular formula is C18H31IN4O3. The largest absolute Gasteiger partial charge is 0.475 e. The highest BCUT2D eigenvalue weighted by atomic mass is 127. The van der Waals surface area contributed by atoms with E-state index in [0.717, 1.165) is 44.2 Å². The molecule has 1 aromatic rings. The first-order valence-electron chi connectivity index (χ1n) is 8.87. The van der Waals surface area contributed by atoms with Crippen molar-refractivity contribution in [1.29, 1.82) is 0 Å². The number of aliphatic imine (C=N–C) groups is 1. The van der Waals surface area contributed by atoms with Crippen LogP contribution in [-0.2, 0) is 16.0 Å². The first-order chi connectivity index (χ1) is 12.2. The van der Waals surface area contributed by atoms with Crippen LogP contribution in [0.5, 0.6) is 5.88 Å². The van der Waals surface area contributed by atoms with Crippen molar-refractivity contribution in [3.63, 3.8) is 0 Å². The van der Waals surface area contributed by atoms with Crippen LogP contribution < -0.4 is 10.1 Å². The summed E-state index contributed by atoms with van der Waals surface area (Å²) in [6.07, 6.45) is 2.84. The van der Waals surface area contributed by atoms with Gasteiger partial charge in [0.25, 0.3) is 0 Å². The summed E-state index contributed by atoms with van der Waals surface area (Å²) in [6.45, 7) is 7.08. The van der Waals surface area contributed by atoms with Crippen molar-refractivity contribution < 1.29 is 14.2 Å². The third kappa shape index (κ3) is 7.63. The molecule has 1 unspecified atom stereocenters. The van der Waals surface area contributed by atoms with E-state index in [1.54, 1.807) is 13.3 Å². The Labute approximate surface area is 173 Å². The molecule has 1 aliphatic heterocycles. The summed E-state index contributed by atoms with van der Waals surface area (Å²) in [4.78, 5) is 11.2. The number of ether oxygens (including phenoxy) is 3. The van der Waals surface area contributed by atoms with E-state index in [4.69, 9.17) is 19.2 Å². The van der Waals surface area contributed by atoms with Gasteiger partial charge in [0.05, 0.1) is 19.8 Å². The Kier molecular flexibility index (Phi) is 11.5. The molecule has 1 aliphatic rings. The van der Waals surface area contributed by atoms with Crippen LogP contribution in [0.4, 0.5) is 0 Å². The van der Waals surface area contributed by atoms with Gasteiger partial charge in [-0.05, 0) is 19.4 Å². The average Bonchev–Trinajstić information content (AvgIpc) is 3.12. The molecule has 1 N–H and O–H groups in total. The maximum Gasteiger partial charge on any atom is 0.218 e. The number of aromatic nitrogens is 1. The molecule has 0 bridgehead atoms. The minimum absolute atomic E-state index is 0. The van der Waals surface area contributed by atoms with Crippen LogP contribution in [0, 0.1) is 5.92 Å². The standard InChI is InChI=1S/C18H30N4O3.HI/c1-4-19-18(22(2)13-15-7-9-24-14-15)21-12-16-6-5-8-20-17(16)25-11-10-23-3;/h5-6,8,15H,4,7,9-14H2,1-3H3,(H,19,21);1H. The minimum atomic E-state index is 0. The molecule has 0 saturated carbocycles. The van der Waals surface area contributed by atoms with Crippen LogP contribution in [0.3, 0.4) is 0 Å². The van der Waals surface area contributed by atoms with Gasteiger partial charge in [-0.2, -0.15) is 0 Å². The van der Waals surface area contributed by atoms with Crippen molar-refractivity contribution in [2.45, 2.75) is 19.9 Å². The molecule has 1 fully saturated rings. The van der Waals surface area contributed by atoms with Gasteiger partial charge in [0.15, 0.2) is 5.96 Å². The zero-order valence-corrected chi connectivity index (χ0v) is 18.3. The van der Waals surface area contributed by atoms with Gasteiger partial charge < -0.3 is 24.4 Å². The highest BCUT2D eigenvalue weighted by Gasteiger charge is 2.19. The zero-order chi connectivity index (χ0) is 17.9. The third-order valence-electron chi connectivity index (χ3n) is 4.03. The van der Waals surface area contributed by atoms with E-state index < -0.39 is 0 Å². The molecule has 1 saturated heterocycles. The second-order valence-electron chi connectivity index (χ2n) is 6.09. The highest BCUT2D eigenvalue weighted by molar-refractivity contribution is 14.0. The lowest BCUT2D eigenvalue weighted by Gasteiger charge is -2.24. The molecular weight excluding hydrogens is 447 g/mol. The van der Waals surface area contributed by atoms with Crippen LogP contribution in [0.1, 0.15) is 18.9 Å². The highest BCUT2D eigenvalue weighted by Crippen LogP contribution is 2.16. The SMILES string of the molecule is CCNC(=NCc1cccnc1OCCOC)N(C)CC1CCOC1.I. The fourth-order valence-electron chi connectivity index (χ4n) is 2.73. The molecule has 0 amide bonds. The van der Waals surface area contributed by atoms with Crippen LogP contribution in [0.2, 0.25) is 0 Å². The van der Waals surface area contributed by atoms with Gasteiger partial charge in [0.2, 0.25) is 5.88 Å². The lowest BCUT2D eigenvalue weighted by molar-refractivity contribution is 0.143. The molecule has 26 heavy (non-hydrogen) atoms. The van der Waals surface area contributed by atoms with Gasteiger partial charge in [-0.1, -0.05) is 6.07 Å². The van der Waals surface area contributed by atoms with Gasteiger partial charge in [0, 0.05) is 51.5 Å². The molecule has 0 aliphatic carbocycles. The Morgan fingerprint density at radius 3 is 3.00 bits per heavy atom. The summed E-state index contributed by atoms with van der Waals surface area (Å²) in [5.74, 6) is 2.08. The maximum absolute atomic E-state index is 5.68. The number of nitrogens with one attached hydrogen (secondary N) is 1. The fraction of sp³-hybridized carbons (Fsp3) is 0.667. The third-order valence-corrected chi connectivity index (χ3v) is 4.03. The molecule has 0 radical (unpaired) electrons. The van der Waals surface area contributed by atoms with E-state index >= 15 is 0 Å². The number of halogens is 1. The summed E-state index contributed by atoms with van der Waals surface area (Å²) in [5, 5.41) is 3.35. The lowest BCUT2D eigenvalue weighted by atomic mass is 10.1. The number of hydrogen-bond acceptors (Lipinski definition) is 5. The molecule has 7 nitrogen and oxygen atoms in total. The number of methoxy groups -OCH3 is 1. The number of nitrogens with zero attached hydrogens (tertiary/aromatic N) is 3. The molecule has 8 heteroatoms. The van der Waals surface area contributed by atoms with Crippen LogP contribution in [0.15, 0.2) is 23.3 Å². The quantitative estimate of drug-likeness (QED) is 0.254. The summed E-state index contributed by atoms with van der Waals surface area (Å²) in [6, 6.07) is 3.90. The predicted molar refractivity (Wildman–Crippen MR) is 113 cm³/mol. The number of hydrogen-bond donors (Lipinski definition) is 1. The molecule has 2 rings (SSSR count). The summed E-state index contributed by atoms with van der Waals surface area (Å²) in [5.41, 5.74) is 0.964. The lowest BCUT2D eigenvalue weighted by Crippen LogP contribution is -2.41. The van der Waals surface area contributed by atoms with Crippen LogP contribution in [-0.4, -0.2) is 69.5 Å². The smallest absolute Gasteiger partial charge is 0.218 e. The Balaban J connectivity index is 0.00000338. The zero-order valence-electron chi connectivity index (χ0n) is 15.9. The molecule has 1 atom stereocenters. The Hall–Kier alpha value is -1.13. The summed E-state index contributed by atoms with van der Waals surface area (Å²) < 4.78 is 16.2. The topological polar surface area (TPSA) is 68.2 Å². The van der Waals surface area contributed by atoms with E-state index in [0.29, 0.717) is 31.6 Å². The van der Waals surface area contributed by atoms with Gasteiger partial charge in [0.1, 0.15) is 6.61 Å². The van der Waals surface area contributed by atoms with Gasteiger partial charge >= 0.3 is 0 Å². The van der Waals surface area contributed by atoms with E-state index in [1.165, 1.54) is 0 Å². The van der Waals surface area contributed by atoms with E-state index in [2.05, 4.69) is 29.2 Å². The number of pyridine rings is 1. The van der Waals surface area contributed by atoms with Crippen LogP contribution in [0.25, 0.3) is 0 Å². The molecule has 148 valence electrons. The van der Waals surface area contributed by atoms with Gasteiger partial charge in [-0.3, -0.25) is 0 Å². The Bertz CT molecular complexity index is 539. The Morgan fingerprint density at radius 2 is 2.31 bits per heavy atom. The average molecular weight is 478 g/mol. The van der Waals surface area contributed by atoms with Gasteiger partial charge in [-0.25, -0.2) is 9.98 Å². The first kappa shape index (κ1) is 22.9.